The molecule has 2 N–H and O–H groups in total. The van der Waals surface area contributed by atoms with Gasteiger partial charge < -0.3 is 10.6 Å². The van der Waals surface area contributed by atoms with Gasteiger partial charge in [-0.1, -0.05) is 12.8 Å². The summed E-state index contributed by atoms with van der Waals surface area (Å²) in [6, 6.07) is 0.0971. The first-order chi connectivity index (χ1) is 7.92. The third kappa shape index (κ3) is 4.89. The van der Waals surface area contributed by atoms with E-state index in [1.165, 1.54) is 0 Å². The van der Waals surface area contributed by atoms with Gasteiger partial charge in [0.1, 0.15) is 0 Å². The van der Waals surface area contributed by atoms with Crippen LogP contribution >= 0.6 is 0 Å². The Labute approximate surface area is 96.9 Å². The average molecular weight is 256 g/mol. The molecule has 0 atom stereocenters. The minimum absolute atomic E-state index is 0.0971. The topological polar surface area (TPSA) is 41.1 Å². The summed E-state index contributed by atoms with van der Waals surface area (Å²) in [5.41, 5.74) is 0. The summed E-state index contributed by atoms with van der Waals surface area (Å²) < 4.78 is 48.5. The second-order valence-corrected chi connectivity index (χ2v) is 4.21. The predicted octanol–water partition coefficient (Wildman–Crippen LogP) is 1.54. The molecule has 1 saturated carbocycles. The second-order valence-electron chi connectivity index (χ2n) is 4.21. The Kier molecular flexibility index (Phi) is 5.17. The van der Waals surface area contributed by atoms with E-state index in [1.54, 1.807) is 0 Å². The summed E-state index contributed by atoms with van der Waals surface area (Å²) >= 11 is 0. The first kappa shape index (κ1) is 14.2. The van der Waals surface area contributed by atoms with Crippen molar-refractivity contribution < 1.29 is 22.4 Å². The molecule has 0 radical (unpaired) electrons. The van der Waals surface area contributed by atoms with Gasteiger partial charge in [-0.15, -0.1) is 0 Å². The lowest BCUT2D eigenvalue weighted by Crippen LogP contribution is -2.44. The maximum atomic E-state index is 12.5. The highest BCUT2D eigenvalue weighted by Crippen LogP contribution is 2.21. The van der Waals surface area contributed by atoms with Crippen LogP contribution in [0.2, 0.25) is 0 Å². The van der Waals surface area contributed by atoms with Gasteiger partial charge in [0, 0.05) is 6.04 Å². The molecular formula is C10H16F4N2O. The van der Waals surface area contributed by atoms with Crippen LogP contribution < -0.4 is 10.6 Å². The van der Waals surface area contributed by atoms with Gasteiger partial charge in [-0.25, -0.2) is 8.78 Å². The molecule has 0 aliphatic heterocycles. The standard InChI is InChI=1S/C10H16F4N2O/c11-9(12)10(13,14)6-15-5-8(17)16-7-3-1-2-4-7/h7,9,15H,1-6H2,(H,16,17). The highest BCUT2D eigenvalue weighted by Gasteiger charge is 2.40. The van der Waals surface area contributed by atoms with Crippen LogP contribution in [0.1, 0.15) is 25.7 Å². The number of nitrogens with one attached hydrogen (secondary N) is 2. The highest BCUT2D eigenvalue weighted by atomic mass is 19.3. The van der Waals surface area contributed by atoms with E-state index >= 15 is 0 Å². The monoisotopic (exact) mass is 256 g/mol. The lowest BCUT2D eigenvalue weighted by atomic mass is 10.2. The van der Waals surface area contributed by atoms with Crippen molar-refractivity contribution in [2.75, 3.05) is 13.1 Å². The largest absolute Gasteiger partial charge is 0.352 e. The Balaban J connectivity index is 2.15. The molecule has 0 aromatic rings. The van der Waals surface area contributed by atoms with E-state index in [1.807, 2.05) is 5.32 Å². The van der Waals surface area contributed by atoms with Gasteiger partial charge in [0.2, 0.25) is 5.91 Å². The van der Waals surface area contributed by atoms with Crippen molar-refractivity contribution in [3.8, 4) is 0 Å². The molecule has 17 heavy (non-hydrogen) atoms. The van der Waals surface area contributed by atoms with E-state index in [4.69, 9.17) is 0 Å². The number of rotatable bonds is 6. The number of hydrogen-bond donors (Lipinski definition) is 2. The van der Waals surface area contributed by atoms with Gasteiger partial charge in [-0.2, -0.15) is 8.78 Å². The fraction of sp³-hybridized carbons (Fsp3) is 0.900. The maximum Gasteiger partial charge on any atom is 0.319 e. The Bertz CT molecular complexity index is 255. The Hall–Kier alpha value is -0.850. The quantitative estimate of drug-likeness (QED) is 0.708. The number of amides is 1. The smallest absolute Gasteiger partial charge is 0.319 e. The molecule has 1 fully saturated rings. The van der Waals surface area contributed by atoms with Gasteiger partial charge in [0.25, 0.3) is 0 Å². The Morgan fingerprint density at radius 3 is 2.41 bits per heavy atom. The van der Waals surface area contributed by atoms with Gasteiger partial charge in [-0.3, -0.25) is 4.79 Å². The number of halogens is 4. The summed E-state index contributed by atoms with van der Waals surface area (Å²) in [6.07, 6.45) is 0.148. The summed E-state index contributed by atoms with van der Waals surface area (Å²) in [5.74, 6) is -4.52. The third-order valence-corrected chi connectivity index (χ3v) is 2.69. The zero-order valence-electron chi connectivity index (χ0n) is 9.32. The van der Waals surface area contributed by atoms with Crippen LogP contribution in [0, 0.1) is 0 Å². The SMILES string of the molecule is O=C(CNCC(F)(F)C(F)F)NC1CCCC1. The number of alkyl halides is 4. The van der Waals surface area contributed by atoms with Crippen molar-refractivity contribution >= 4 is 5.91 Å². The van der Waals surface area contributed by atoms with Gasteiger partial charge in [0.05, 0.1) is 13.1 Å². The molecule has 0 aromatic heterocycles. The van der Waals surface area contributed by atoms with Crippen molar-refractivity contribution in [1.29, 1.82) is 0 Å². The van der Waals surface area contributed by atoms with Crippen LogP contribution in [-0.2, 0) is 4.79 Å². The van der Waals surface area contributed by atoms with Crippen LogP contribution in [0.5, 0.6) is 0 Å². The van der Waals surface area contributed by atoms with Crippen LogP contribution in [0.25, 0.3) is 0 Å². The van der Waals surface area contributed by atoms with Gasteiger partial charge in [0.15, 0.2) is 0 Å². The fourth-order valence-corrected chi connectivity index (χ4v) is 1.77. The summed E-state index contributed by atoms with van der Waals surface area (Å²) in [6.45, 7) is -1.55. The molecule has 1 aliphatic carbocycles. The van der Waals surface area contributed by atoms with Crippen molar-refractivity contribution in [3.05, 3.63) is 0 Å². The van der Waals surface area contributed by atoms with E-state index in [9.17, 15) is 22.4 Å². The summed E-state index contributed by atoms with van der Waals surface area (Å²) in [5, 5.41) is 4.70. The van der Waals surface area contributed by atoms with Crippen molar-refractivity contribution in [1.82, 2.24) is 10.6 Å². The minimum Gasteiger partial charge on any atom is -0.352 e. The first-order valence-electron chi connectivity index (χ1n) is 5.58. The van der Waals surface area contributed by atoms with E-state index in [-0.39, 0.29) is 12.6 Å². The number of carbonyl (C=O) groups is 1. The van der Waals surface area contributed by atoms with E-state index in [0.29, 0.717) is 0 Å². The van der Waals surface area contributed by atoms with E-state index in [2.05, 4.69) is 5.32 Å². The molecule has 7 heteroatoms. The molecule has 0 bridgehead atoms. The predicted molar refractivity (Wildman–Crippen MR) is 54.2 cm³/mol. The molecule has 3 nitrogen and oxygen atoms in total. The van der Waals surface area contributed by atoms with Crippen LogP contribution in [0.15, 0.2) is 0 Å². The summed E-state index contributed by atoms with van der Waals surface area (Å²) in [7, 11) is 0. The van der Waals surface area contributed by atoms with Crippen LogP contribution in [-0.4, -0.2) is 37.4 Å². The molecule has 1 aliphatic rings. The zero-order chi connectivity index (χ0) is 12.9. The Morgan fingerprint density at radius 1 is 1.29 bits per heavy atom. The van der Waals surface area contributed by atoms with Crippen LogP contribution in [0.3, 0.4) is 0 Å². The summed E-state index contributed by atoms with van der Waals surface area (Å²) in [4.78, 5) is 11.2. The fourth-order valence-electron chi connectivity index (χ4n) is 1.77. The molecule has 0 heterocycles. The van der Waals surface area contributed by atoms with E-state index < -0.39 is 24.8 Å². The molecule has 0 saturated heterocycles. The zero-order valence-corrected chi connectivity index (χ0v) is 9.32. The lowest BCUT2D eigenvalue weighted by Gasteiger charge is -2.16. The number of carbonyl (C=O) groups excluding carboxylic acids is 1. The highest BCUT2D eigenvalue weighted by molar-refractivity contribution is 5.78. The van der Waals surface area contributed by atoms with Crippen LogP contribution in [0.4, 0.5) is 17.6 Å². The van der Waals surface area contributed by atoms with Crippen molar-refractivity contribution in [2.24, 2.45) is 0 Å². The maximum absolute atomic E-state index is 12.5. The lowest BCUT2D eigenvalue weighted by molar-refractivity contribution is -0.128. The Morgan fingerprint density at radius 2 is 1.88 bits per heavy atom. The third-order valence-electron chi connectivity index (χ3n) is 2.69. The van der Waals surface area contributed by atoms with Gasteiger partial charge in [-0.05, 0) is 12.8 Å². The molecule has 100 valence electrons. The minimum atomic E-state index is -4.09. The van der Waals surface area contributed by atoms with E-state index in [0.717, 1.165) is 25.7 Å². The molecule has 1 rings (SSSR count). The second kappa shape index (κ2) is 6.18. The van der Waals surface area contributed by atoms with Crippen molar-refractivity contribution in [2.45, 2.75) is 44.1 Å². The molecule has 0 spiro atoms. The molecule has 0 unspecified atom stereocenters. The molecule has 1 amide bonds. The average Bonchev–Trinajstić information content (AvgIpc) is 2.69. The number of hydrogen-bond acceptors (Lipinski definition) is 2. The van der Waals surface area contributed by atoms with Crippen molar-refractivity contribution in [3.63, 3.8) is 0 Å². The normalized spacial score (nSPS) is 17.7. The first-order valence-corrected chi connectivity index (χ1v) is 5.58. The van der Waals surface area contributed by atoms with Gasteiger partial charge >= 0.3 is 12.3 Å². The molecular weight excluding hydrogens is 240 g/mol. The molecule has 0 aromatic carbocycles.